The van der Waals surface area contributed by atoms with E-state index in [0.717, 1.165) is 24.6 Å². The number of halogens is 1. The third kappa shape index (κ3) is 4.03. The summed E-state index contributed by atoms with van der Waals surface area (Å²) in [6, 6.07) is 5.49. The highest BCUT2D eigenvalue weighted by Gasteiger charge is 2.33. The van der Waals surface area contributed by atoms with Crippen LogP contribution < -0.4 is 10.6 Å². The first kappa shape index (κ1) is 16.3. The zero-order valence-electron chi connectivity index (χ0n) is 12.8. The first-order valence-electron chi connectivity index (χ1n) is 7.77. The molecular formula is C16H20FN3O2S. The fourth-order valence-corrected chi connectivity index (χ4v) is 3.88. The van der Waals surface area contributed by atoms with Gasteiger partial charge in [0.25, 0.3) is 5.91 Å². The van der Waals surface area contributed by atoms with E-state index in [2.05, 4.69) is 10.6 Å². The molecule has 0 aliphatic carbocycles. The molecule has 5 nitrogen and oxygen atoms in total. The summed E-state index contributed by atoms with van der Waals surface area (Å²) >= 11 is 1.77. The van der Waals surface area contributed by atoms with E-state index in [0.29, 0.717) is 18.7 Å². The van der Waals surface area contributed by atoms with Gasteiger partial charge in [-0.05, 0) is 30.5 Å². The fourth-order valence-electron chi connectivity index (χ4n) is 2.93. The maximum absolute atomic E-state index is 13.1. The van der Waals surface area contributed by atoms with Gasteiger partial charge in [0, 0.05) is 31.0 Å². The third-order valence-corrected chi connectivity index (χ3v) is 5.19. The van der Waals surface area contributed by atoms with Crippen molar-refractivity contribution in [3.63, 3.8) is 0 Å². The largest absolute Gasteiger partial charge is 0.352 e. The van der Waals surface area contributed by atoms with Crippen LogP contribution in [-0.2, 0) is 4.79 Å². The van der Waals surface area contributed by atoms with E-state index in [9.17, 15) is 14.0 Å². The second-order valence-corrected chi connectivity index (χ2v) is 7.00. The van der Waals surface area contributed by atoms with Crippen LogP contribution in [0.3, 0.4) is 0 Å². The number of rotatable bonds is 4. The summed E-state index contributed by atoms with van der Waals surface area (Å²) in [4.78, 5) is 26.2. The highest BCUT2D eigenvalue weighted by Crippen LogP contribution is 2.20. The van der Waals surface area contributed by atoms with Gasteiger partial charge in [0.1, 0.15) is 5.82 Å². The molecule has 2 saturated heterocycles. The Labute approximate surface area is 139 Å². The molecule has 2 unspecified atom stereocenters. The number of nitrogens with one attached hydrogen (secondary N) is 2. The zero-order chi connectivity index (χ0) is 16.2. The minimum absolute atomic E-state index is 0.148. The molecule has 0 radical (unpaired) electrons. The van der Waals surface area contributed by atoms with Crippen molar-refractivity contribution >= 4 is 23.6 Å². The Morgan fingerprint density at radius 1 is 1.43 bits per heavy atom. The minimum atomic E-state index is -0.422. The molecule has 2 heterocycles. The molecule has 2 N–H and O–H groups in total. The maximum atomic E-state index is 13.1. The van der Waals surface area contributed by atoms with Crippen molar-refractivity contribution in [2.24, 2.45) is 5.92 Å². The van der Waals surface area contributed by atoms with Crippen LogP contribution in [0.5, 0.6) is 0 Å². The van der Waals surface area contributed by atoms with Crippen molar-refractivity contribution in [3.8, 4) is 0 Å². The summed E-state index contributed by atoms with van der Waals surface area (Å²) in [6.45, 7) is 2.02. The molecule has 23 heavy (non-hydrogen) atoms. The first-order chi connectivity index (χ1) is 11.1. The molecule has 2 fully saturated rings. The van der Waals surface area contributed by atoms with Gasteiger partial charge in [-0.15, -0.1) is 11.8 Å². The van der Waals surface area contributed by atoms with Crippen LogP contribution in [0.4, 0.5) is 4.39 Å². The number of hydrogen-bond acceptors (Lipinski definition) is 4. The summed E-state index contributed by atoms with van der Waals surface area (Å²) in [5.41, 5.74) is 0.317. The Morgan fingerprint density at radius 3 is 3.04 bits per heavy atom. The molecule has 0 spiro atoms. The zero-order valence-corrected chi connectivity index (χ0v) is 13.6. The van der Waals surface area contributed by atoms with E-state index in [1.807, 2.05) is 4.90 Å². The Kier molecular flexibility index (Phi) is 5.17. The average molecular weight is 337 g/mol. The van der Waals surface area contributed by atoms with Crippen molar-refractivity contribution < 1.29 is 14.0 Å². The van der Waals surface area contributed by atoms with E-state index >= 15 is 0 Å². The van der Waals surface area contributed by atoms with E-state index in [1.165, 1.54) is 18.2 Å². The predicted octanol–water partition coefficient (Wildman–Crippen LogP) is 1.07. The lowest BCUT2D eigenvalue weighted by Crippen LogP contribution is -2.42. The van der Waals surface area contributed by atoms with Gasteiger partial charge in [-0.3, -0.25) is 9.59 Å². The molecule has 2 aliphatic heterocycles. The number of benzene rings is 1. The SMILES string of the molecule is O=C(NCC1CNC(C(=O)N2CCSC2)C1)c1cccc(F)c1. The number of thioether (sulfide) groups is 1. The van der Waals surface area contributed by atoms with Crippen molar-refractivity contribution in [2.75, 3.05) is 31.3 Å². The lowest BCUT2D eigenvalue weighted by molar-refractivity contribution is -0.131. The molecule has 7 heteroatoms. The minimum Gasteiger partial charge on any atom is -0.352 e. The second kappa shape index (κ2) is 7.31. The highest BCUT2D eigenvalue weighted by atomic mass is 32.2. The number of hydrogen-bond donors (Lipinski definition) is 2. The molecule has 0 bridgehead atoms. The van der Waals surface area contributed by atoms with E-state index in [-0.39, 0.29) is 23.8 Å². The molecule has 124 valence electrons. The van der Waals surface area contributed by atoms with Gasteiger partial charge >= 0.3 is 0 Å². The fraction of sp³-hybridized carbons (Fsp3) is 0.500. The van der Waals surface area contributed by atoms with Gasteiger partial charge in [-0.25, -0.2) is 4.39 Å². The molecule has 3 rings (SSSR count). The first-order valence-corrected chi connectivity index (χ1v) is 8.92. The maximum Gasteiger partial charge on any atom is 0.251 e. The average Bonchev–Trinajstić information content (AvgIpc) is 3.23. The number of carbonyl (C=O) groups excluding carboxylic acids is 2. The summed E-state index contributed by atoms with van der Waals surface area (Å²) in [7, 11) is 0. The van der Waals surface area contributed by atoms with Crippen molar-refractivity contribution in [1.82, 2.24) is 15.5 Å². The Bertz CT molecular complexity index is 592. The monoisotopic (exact) mass is 337 g/mol. The van der Waals surface area contributed by atoms with Crippen LogP contribution in [0.2, 0.25) is 0 Å². The quantitative estimate of drug-likeness (QED) is 0.863. The van der Waals surface area contributed by atoms with Crippen LogP contribution in [0.25, 0.3) is 0 Å². The number of amides is 2. The standard InChI is InChI=1S/C16H20FN3O2S/c17-13-3-1-2-12(7-13)15(21)19-9-11-6-14(18-8-11)16(22)20-4-5-23-10-20/h1-3,7,11,14,18H,4-6,8-10H2,(H,19,21). The predicted molar refractivity (Wildman–Crippen MR) is 87.7 cm³/mol. The molecule has 2 aliphatic rings. The van der Waals surface area contributed by atoms with E-state index in [1.54, 1.807) is 17.8 Å². The molecule has 2 atom stereocenters. The molecule has 1 aromatic carbocycles. The molecule has 0 aromatic heterocycles. The molecule has 1 aromatic rings. The van der Waals surface area contributed by atoms with E-state index in [4.69, 9.17) is 0 Å². The second-order valence-electron chi connectivity index (χ2n) is 5.92. The van der Waals surface area contributed by atoms with Gasteiger partial charge in [0.05, 0.1) is 11.9 Å². The van der Waals surface area contributed by atoms with Crippen molar-refractivity contribution in [3.05, 3.63) is 35.6 Å². The van der Waals surface area contributed by atoms with Gasteiger partial charge in [0.15, 0.2) is 0 Å². The Balaban J connectivity index is 1.46. The van der Waals surface area contributed by atoms with Gasteiger partial charge in [0.2, 0.25) is 5.91 Å². The normalized spacial score (nSPS) is 24.0. The summed E-state index contributed by atoms with van der Waals surface area (Å²) in [5, 5.41) is 6.07. The smallest absolute Gasteiger partial charge is 0.251 e. The van der Waals surface area contributed by atoms with Crippen LogP contribution in [0.15, 0.2) is 24.3 Å². The summed E-state index contributed by atoms with van der Waals surface area (Å²) < 4.78 is 13.1. The molecule has 2 amide bonds. The van der Waals surface area contributed by atoms with Gasteiger partial charge in [-0.2, -0.15) is 0 Å². The van der Waals surface area contributed by atoms with E-state index < -0.39 is 5.82 Å². The Hall–Kier alpha value is -1.60. The highest BCUT2D eigenvalue weighted by molar-refractivity contribution is 7.99. The number of nitrogens with zero attached hydrogens (tertiary/aromatic N) is 1. The van der Waals surface area contributed by atoms with Gasteiger partial charge < -0.3 is 15.5 Å². The van der Waals surface area contributed by atoms with Crippen molar-refractivity contribution in [2.45, 2.75) is 12.5 Å². The van der Waals surface area contributed by atoms with Crippen LogP contribution in [-0.4, -0.2) is 54.0 Å². The van der Waals surface area contributed by atoms with Gasteiger partial charge in [-0.1, -0.05) is 6.07 Å². The van der Waals surface area contributed by atoms with Crippen LogP contribution in [0.1, 0.15) is 16.8 Å². The lowest BCUT2D eigenvalue weighted by atomic mass is 10.0. The summed E-state index contributed by atoms with van der Waals surface area (Å²) in [5.74, 6) is 1.46. The Morgan fingerprint density at radius 2 is 2.30 bits per heavy atom. The number of carbonyl (C=O) groups is 2. The topological polar surface area (TPSA) is 61.4 Å². The van der Waals surface area contributed by atoms with Crippen molar-refractivity contribution in [1.29, 1.82) is 0 Å². The van der Waals surface area contributed by atoms with Crippen LogP contribution in [0, 0.1) is 11.7 Å². The third-order valence-electron chi connectivity index (χ3n) is 4.22. The lowest BCUT2D eigenvalue weighted by Gasteiger charge is -2.19. The molecule has 0 saturated carbocycles. The summed E-state index contributed by atoms with van der Waals surface area (Å²) in [6.07, 6.45) is 0.726. The van der Waals surface area contributed by atoms with Crippen LogP contribution >= 0.6 is 11.8 Å². The molecular weight excluding hydrogens is 317 g/mol.